The van der Waals surface area contributed by atoms with Gasteiger partial charge in [0.2, 0.25) is 5.91 Å². The maximum Gasteiger partial charge on any atom is 0.306 e. The highest BCUT2D eigenvalue weighted by molar-refractivity contribution is 6.34. The van der Waals surface area contributed by atoms with E-state index in [0.717, 1.165) is 24.1 Å². The van der Waals surface area contributed by atoms with Crippen LogP contribution >= 0.6 is 11.6 Å². The average molecular weight is 586 g/mol. The molecule has 2 heterocycles. The molecule has 3 aromatic rings. The number of aromatic nitrogens is 4. The summed E-state index contributed by atoms with van der Waals surface area (Å²) < 4.78 is 6.83. The molecule has 0 aliphatic heterocycles. The fourth-order valence-electron chi connectivity index (χ4n) is 4.79. The zero-order valence-corrected chi connectivity index (χ0v) is 26.1. The summed E-state index contributed by atoms with van der Waals surface area (Å²) in [6.07, 6.45) is 15.3. The van der Waals surface area contributed by atoms with Gasteiger partial charge in [-0.15, -0.1) is 9.73 Å². The molecule has 1 amide bonds. The molecule has 0 saturated heterocycles. The number of anilines is 1. The van der Waals surface area contributed by atoms with Crippen molar-refractivity contribution in [3.05, 3.63) is 35.0 Å². The van der Waals surface area contributed by atoms with Crippen molar-refractivity contribution in [2.45, 2.75) is 123 Å². The van der Waals surface area contributed by atoms with Gasteiger partial charge in [0.15, 0.2) is 11.5 Å². The number of nitrogens with zero attached hydrogens (tertiary/aromatic N) is 3. The predicted molar refractivity (Wildman–Crippen MR) is 166 cm³/mol. The molecule has 1 aromatic carbocycles. The highest BCUT2D eigenvalue weighted by Crippen LogP contribution is 2.32. The number of carbonyl (C=O) groups excluding carboxylic acids is 2. The Morgan fingerprint density at radius 1 is 0.927 bits per heavy atom. The van der Waals surface area contributed by atoms with Gasteiger partial charge in [-0.1, -0.05) is 122 Å². The summed E-state index contributed by atoms with van der Waals surface area (Å²) in [4.78, 5) is 27.8. The smallest absolute Gasteiger partial charge is 0.306 e. The summed E-state index contributed by atoms with van der Waals surface area (Å²) in [6, 6.07) is 7.34. The second kappa shape index (κ2) is 16.5. The molecule has 0 unspecified atom stereocenters. The number of hydrogen-bond acceptors (Lipinski definition) is 5. The van der Waals surface area contributed by atoms with Crippen LogP contribution in [0.25, 0.3) is 17.0 Å². The number of ether oxygens (including phenoxy) is 1. The number of halogens is 1. The van der Waals surface area contributed by atoms with Gasteiger partial charge in [-0.25, -0.2) is 0 Å². The van der Waals surface area contributed by atoms with Gasteiger partial charge in [-0.3, -0.25) is 9.59 Å². The molecule has 0 saturated carbocycles. The van der Waals surface area contributed by atoms with E-state index in [1.165, 1.54) is 68.8 Å². The predicted octanol–water partition coefficient (Wildman–Crippen LogP) is 8.64. The normalized spacial score (nSPS) is 11.7. The lowest BCUT2D eigenvalue weighted by Crippen LogP contribution is -2.15. The molecule has 9 heteroatoms. The number of carbonyl (C=O) groups is 2. The molecule has 0 bridgehead atoms. The first-order valence-electron chi connectivity index (χ1n) is 15.4. The third kappa shape index (κ3) is 10.8. The van der Waals surface area contributed by atoms with Crippen LogP contribution in [0.15, 0.2) is 24.3 Å². The molecule has 2 N–H and O–H groups in total. The van der Waals surface area contributed by atoms with Crippen molar-refractivity contribution in [2.75, 3.05) is 11.9 Å². The summed E-state index contributed by atoms with van der Waals surface area (Å²) in [6.45, 7) is 8.82. The second-order valence-corrected chi connectivity index (χ2v) is 12.3. The van der Waals surface area contributed by atoms with Crippen LogP contribution in [0.3, 0.4) is 0 Å². The first kappa shape index (κ1) is 32.6. The number of amides is 1. The Bertz CT molecular complexity index is 1240. The number of aromatic amines is 1. The third-order valence-electron chi connectivity index (χ3n) is 7.19. The van der Waals surface area contributed by atoms with E-state index in [9.17, 15) is 9.59 Å². The fraction of sp³-hybridized carbons (Fsp3) is 0.625. The minimum absolute atomic E-state index is 0.0633. The van der Waals surface area contributed by atoms with Crippen molar-refractivity contribution >= 4 is 34.8 Å². The Balaban J connectivity index is 1.31. The largest absolute Gasteiger partial charge is 0.466 e. The van der Waals surface area contributed by atoms with Crippen LogP contribution in [0.4, 0.5) is 5.69 Å². The number of fused-ring (bicyclic) bond motifs is 1. The minimum Gasteiger partial charge on any atom is -0.466 e. The third-order valence-corrected chi connectivity index (χ3v) is 7.55. The van der Waals surface area contributed by atoms with Crippen molar-refractivity contribution < 1.29 is 14.3 Å². The van der Waals surface area contributed by atoms with Crippen LogP contribution in [-0.2, 0) is 19.7 Å². The van der Waals surface area contributed by atoms with E-state index in [1.807, 2.05) is 39.0 Å². The monoisotopic (exact) mass is 585 g/mol. The minimum atomic E-state index is -0.331. The lowest BCUT2D eigenvalue weighted by atomic mass is 9.92. The molecule has 0 radical (unpaired) electrons. The lowest BCUT2D eigenvalue weighted by molar-refractivity contribution is -0.144. The maximum absolute atomic E-state index is 12.5. The van der Waals surface area contributed by atoms with Gasteiger partial charge in [-0.2, -0.15) is 5.10 Å². The van der Waals surface area contributed by atoms with Crippen LogP contribution < -0.4 is 5.32 Å². The fourth-order valence-corrected chi connectivity index (χ4v) is 5.24. The number of esters is 1. The van der Waals surface area contributed by atoms with Crippen molar-refractivity contribution in [3.63, 3.8) is 0 Å². The zero-order chi connectivity index (χ0) is 29.7. The molecule has 226 valence electrons. The number of rotatable bonds is 18. The van der Waals surface area contributed by atoms with Crippen molar-refractivity contribution in [3.8, 4) is 11.4 Å². The van der Waals surface area contributed by atoms with E-state index < -0.39 is 0 Å². The topological polar surface area (TPSA) is 101 Å². The van der Waals surface area contributed by atoms with Crippen LogP contribution in [0, 0.1) is 0 Å². The first-order chi connectivity index (χ1) is 19.7. The number of benzene rings is 1. The molecule has 41 heavy (non-hydrogen) atoms. The van der Waals surface area contributed by atoms with Crippen molar-refractivity contribution in [1.29, 1.82) is 0 Å². The Morgan fingerprint density at radius 2 is 1.56 bits per heavy atom. The zero-order valence-electron chi connectivity index (χ0n) is 25.4. The number of H-pyrrole nitrogens is 1. The molecule has 3 rings (SSSR count). The SMILES string of the molecule is CCCCCCCCCCCCCCOC(=O)CCC(=O)Nc1cccc(-c2nn3nc(C(C)(C)C)c(Cl)c3[nH]2)c1. The van der Waals surface area contributed by atoms with Crippen molar-refractivity contribution in [2.24, 2.45) is 0 Å². The van der Waals surface area contributed by atoms with Gasteiger partial charge in [0, 0.05) is 23.1 Å². The second-order valence-electron chi connectivity index (χ2n) is 12.0. The Kier molecular flexibility index (Phi) is 13.2. The van der Waals surface area contributed by atoms with Gasteiger partial charge in [0.1, 0.15) is 5.02 Å². The highest BCUT2D eigenvalue weighted by atomic mass is 35.5. The van der Waals surface area contributed by atoms with E-state index in [4.69, 9.17) is 16.3 Å². The molecular formula is C32H48ClN5O3. The van der Waals surface area contributed by atoms with E-state index in [0.29, 0.717) is 28.8 Å². The standard InChI is InChI=1S/C32H48ClN5O3/c1-5-6-7-8-9-10-11-12-13-14-15-16-22-41-27(40)21-20-26(39)34-25-19-17-18-24(23-25)30-35-31-28(33)29(32(2,3)4)36-38(31)37-30/h17-19,23H,5-16,20-22H2,1-4H3,(H,34,39)(H,35,37). The number of unbranched alkanes of at least 4 members (excludes halogenated alkanes) is 11. The summed E-state index contributed by atoms with van der Waals surface area (Å²) in [5.74, 6) is 0.0197. The van der Waals surface area contributed by atoms with Crippen molar-refractivity contribution in [1.82, 2.24) is 19.8 Å². The van der Waals surface area contributed by atoms with Gasteiger partial charge in [0.05, 0.1) is 18.7 Å². The molecule has 8 nitrogen and oxygen atoms in total. The van der Waals surface area contributed by atoms with Gasteiger partial charge < -0.3 is 15.0 Å². The van der Waals surface area contributed by atoms with Crippen LogP contribution in [0.2, 0.25) is 5.02 Å². The van der Waals surface area contributed by atoms with Gasteiger partial charge in [-0.05, 0) is 18.6 Å². The molecule has 0 spiro atoms. The lowest BCUT2D eigenvalue weighted by Gasteiger charge is -2.14. The molecule has 0 atom stereocenters. The quantitative estimate of drug-likeness (QED) is 0.115. The van der Waals surface area contributed by atoms with E-state index in [2.05, 4.69) is 27.4 Å². The number of nitrogens with one attached hydrogen (secondary N) is 2. The van der Waals surface area contributed by atoms with E-state index >= 15 is 0 Å². The molecule has 0 fully saturated rings. The van der Waals surface area contributed by atoms with Gasteiger partial charge in [0.25, 0.3) is 0 Å². The number of hydrogen-bond donors (Lipinski definition) is 2. The molecule has 0 aliphatic rings. The van der Waals surface area contributed by atoms with Crippen LogP contribution in [0.5, 0.6) is 0 Å². The molecular weight excluding hydrogens is 538 g/mol. The highest BCUT2D eigenvalue weighted by Gasteiger charge is 2.25. The van der Waals surface area contributed by atoms with Crippen LogP contribution in [0.1, 0.15) is 123 Å². The van der Waals surface area contributed by atoms with Gasteiger partial charge >= 0.3 is 5.97 Å². The maximum atomic E-state index is 12.5. The van der Waals surface area contributed by atoms with E-state index in [-0.39, 0.29) is 30.1 Å². The summed E-state index contributed by atoms with van der Waals surface area (Å²) >= 11 is 6.54. The Morgan fingerprint density at radius 3 is 2.17 bits per heavy atom. The molecule has 2 aromatic heterocycles. The van der Waals surface area contributed by atoms with Crippen LogP contribution in [-0.4, -0.2) is 38.3 Å². The summed E-state index contributed by atoms with van der Waals surface area (Å²) in [5, 5.41) is 12.5. The molecule has 0 aliphatic carbocycles. The summed E-state index contributed by atoms with van der Waals surface area (Å²) in [5.41, 5.74) is 2.60. The average Bonchev–Trinajstić information content (AvgIpc) is 3.49. The summed E-state index contributed by atoms with van der Waals surface area (Å²) in [7, 11) is 0. The Hall–Kier alpha value is -2.87. The first-order valence-corrected chi connectivity index (χ1v) is 15.8. The van der Waals surface area contributed by atoms with E-state index in [1.54, 1.807) is 6.07 Å². The Labute approximate surface area is 250 Å².